The molecule has 4 rings (SSSR count). The minimum Gasteiger partial charge on any atom is -0.282 e. The minimum absolute atomic E-state index is 0.200. The van der Waals surface area contributed by atoms with Crippen LogP contribution < -0.4 is 0 Å². The maximum atomic E-state index is 14.2. The van der Waals surface area contributed by atoms with E-state index in [0.717, 1.165) is 11.3 Å². The Hall–Kier alpha value is -2.89. The van der Waals surface area contributed by atoms with Crippen LogP contribution in [0.15, 0.2) is 88.8 Å². The highest BCUT2D eigenvalue weighted by atomic mass is 35.5. The molecule has 3 aromatic carbocycles. The van der Waals surface area contributed by atoms with Crippen LogP contribution in [0, 0.1) is 5.82 Å². The topological polar surface area (TPSA) is 32.7 Å². The molecule has 0 saturated carbocycles. The Morgan fingerprint density at radius 3 is 2.34 bits per heavy atom. The van der Waals surface area contributed by atoms with Gasteiger partial charge in [-0.2, -0.15) is 0 Å². The Labute approximate surface area is 177 Å². The molecule has 1 fully saturated rings. The standard InChI is InChI=1S/C23H16ClFN2OS/c24-19-12-7-13-20(25)18(19)14-21-22(28)27(15-16-8-3-1-4-9-16)23(29-21)26-17-10-5-2-6-11-17/h1-14H,15H2/b21-14+,26-23?. The van der Waals surface area contributed by atoms with Gasteiger partial charge in [0, 0.05) is 5.56 Å². The number of rotatable bonds is 4. The van der Waals surface area contributed by atoms with E-state index in [1.54, 1.807) is 11.0 Å². The van der Waals surface area contributed by atoms with Crippen molar-refractivity contribution in [3.05, 3.63) is 106 Å². The molecule has 6 heteroatoms. The number of amidine groups is 1. The van der Waals surface area contributed by atoms with Crippen LogP contribution in [-0.2, 0) is 11.3 Å². The Morgan fingerprint density at radius 2 is 1.66 bits per heavy atom. The number of carbonyl (C=O) groups excluding carboxylic acids is 1. The first-order chi connectivity index (χ1) is 14.1. The van der Waals surface area contributed by atoms with Crippen LogP contribution in [0.3, 0.4) is 0 Å². The van der Waals surface area contributed by atoms with Crippen molar-refractivity contribution in [3.63, 3.8) is 0 Å². The van der Waals surface area contributed by atoms with E-state index in [1.165, 1.54) is 30.0 Å². The number of halogens is 2. The summed E-state index contributed by atoms with van der Waals surface area (Å²) in [5, 5.41) is 0.803. The van der Waals surface area contributed by atoms with Crippen LogP contribution in [0.1, 0.15) is 11.1 Å². The van der Waals surface area contributed by atoms with Gasteiger partial charge in [-0.05, 0) is 47.7 Å². The van der Waals surface area contributed by atoms with Gasteiger partial charge < -0.3 is 0 Å². The number of nitrogens with zero attached hydrogens (tertiary/aromatic N) is 2. The number of carbonyl (C=O) groups is 1. The molecule has 0 N–H and O–H groups in total. The second-order valence-corrected chi connectivity index (χ2v) is 7.77. The van der Waals surface area contributed by atoms with E-state index in [1.807, 2.05) is 60.7 Å². The number of hydrogen-bond acceptors (Lipinski definition) is 3. The normalized spacial score (nSPS) is 16.8. The Morgan fingerprint density at radius 1 is 0.966 bits per heavy atom. The number of benzene rings is 3. The molecule has 29 heavy (non-hydrogen) atoms. The molecule has 0 bridgehead atoms. The molecule has 0 spiro atoms. The van der Waals surface area contributed by atoms with Gasteiger partial charge in [-0.1, -0.05) is 66.2 Å². The molecule has 0 unspecified atom stereocenters. The molecule has 3 aromatic rings. The largest absolute Gasteiger partial charge is 0.282 e. The summed E-state index contributed by atoms with van der Waals surface area (Å²) in [6, 6.07) is 23.6. The fraction of sp³-hybridized carbons (Fsp3) is 0.0435. The van der Waals surface area contributed by atoms with Crippen molar-refractivity contribution >= 4 is 46.2 Å². The second kappa shape index (κ2) is 8.64. The zero-order chi connectivity index (χ0) is 20.2. The molecule has 0 radical (unpaired) electrons. The van der Waals surface area contributed by atoms with E-state index in [-0.39, 0.29) is 16.5 Å². The number of para-hydroxylation sites is 1. The molecule has 144 valence electrons. The summed E-state index contributed by atoms with van der Waals surface area (Å²) in [6.45, 7) is 0.376. The average molecular weight is 423 g/mol. The second-order valence-electron chi connectivity index (χ2n) is 6.35. The number of thioether (sulfide) groups is 1. The van der Waals surface area contributed by atoms with Gasteiger partial charge in [0.2, 0.25) is 0 Å². The van der Waals surface area contributed by atoms with Crippen molar-refractivity contribution in [2.75, 3.05) is 0 Å². The van der Waals surface area contributed by atoms with Gasteiger partial charge in [-0.15, -0.1) is 0 Å². The molecular weight excluding hydrogens is 407 g/mol. The van der Waals surface area contributed by atoms with Gasteiger partial charge in [0.05, 0.1) is 22.2 Å². The Kier molecular flexibility index (Phi) is 5.79. The van der Waals surface area contributed by atoms with Gasteiger partial charge in [-0.3, -0.25) is 9.69 Å². The van der Waals surface area contributed by atoms with Crippen molar-refractivity contribution in [2.45, 2.75) is 6.54 Å². The van der Waals surface area contributed by atoms with Crippen LogP contribution in [0.2, 0.25) is 5.02 Å². The third kappa shape index (κ3) is 4.42. The molecule has 1 heterocycles. The molecule has 0 atom stereocenters. The highest BCUT2D eigenvalue weighted by Gasteiger charge is 2.33. The third-order valence-electron chi connectivity index (χ3n) is 4.33. The lowest BCUT2D eigenvalue weighted by Gasteiger charge is -2.15. The van der Waals surface area contributed by atoms with Gasteiger partial charge in [0.25, 0.3) is 5.91 Å². The molecule has 1 aliphatic heterocycles. The molecule has 1 amide bonds. The van der Waals surface area contributed by atoms with Crippen molar-refractivity contribution in [1.82, 2.24) is 4.90 Å². The van der Waals surface area contributed by atoms with Crippen LogP contribution in [0.4, 0.5) is 10.1 Å². The molecule has 0 aromatic heterocycles. The first-order valence-electron chi connectivity index (χ1n) is 8.95. The molecule has 1 aliphatic rings. The van der Waals surface area contributed by atoms with Crippen LogP contribution >= 0.6 is 23.4 Å². The maximum absolute atomic E-state index is 14.2. The predicted octanol–water partition coefficient (Wildman–Crippen LogP) is 6.28. The monoisotopic (exact) mass is 422 g/mol. The molecule has 0 aliphatic carbocycles. The van der Waals surface area contributed by atoms with E-state index in [0.29, 0.717) is 16.6 Å². The van der Waals surface area contributed by atoms with Crippen molar-refractivity contribution in [1.29, 1.82) is 0 Å². The minimum atomic E-state index is -0.471. The fourth-order valence-electron chi connectivity index (χ4n) is 2.89. The SMILES string of the molecule is O=C1/C(=C\c2c(F)cccc2Cl)SC(=Nc2ccccc2)N1Cc1ccccc1. The van der Waals surface area contributed by atoms with Gasteiger partial charge >= 0.3 is 0 Å². The summed E-state index contributed by atoms with van der Waals surface area (Å²) in [7, 11) is 0. The quantitative estimate of drug-likeness (QED) is 0.463. The first kappa shape index (κ1) is 19.4. The van der Waals surface area contributed by atoms with Gasteiger partial charge in [0.1, 0.15) is 5.82 Å². The number of hydrogen-bond donors (Lipinski definition) is 0. The molecule has 3 nitrogen and oxygen atoms in total. The van der Waals surface area contributed by atoms with Crippen LogP contribution in [0.25, 0.3) is 6.08 Å². The van der Waals surface area contributed by atoms with Crippen molar-refractivity contribution in [2.24, 2.45) is 4.99 Å². The first-order valence-corrected chi connectivity index (χ1v) is 10.1. The lowest BCUT2D eigenvalue weighted by atomic mass is 10.2. The average Bonchev–Trinajstić information content (AvgIpc) is 3.01. The Bertz CT molecular complexity index is 1080. The Balaban J connectivity index is 1.74. The van der Waals surface area contributed by atoms with E-state index >= 15 is 0 Å². The number of aliphatic imine (C=N–C) groups is 1. The highest BCUT2D eigenvalue weighted by molar-refractivity contribution is 8.18. The smallest absolute Gasteiger partial charge is 0.267 e. The molecular formula is C23H16ClFN2OS. The highest BCUT2D eigenvalue weighted by Crippen LogP contribution is 2.36. The summed E-state index contributed by atoms with van der Waals surface area (Å²) in [4.78, 5) is 19.8. The van der Waals surface area contributed by atoms with E-state index in [4.69, 9.17) is 11.6 Å². The zero-order valence-electron chi connectivity index (χ0n) is 15.3. The summed E-state index contributed by atoms with van der Waals surface area (Å²) in [5.74, 6) is -0.700. The van der Waals surface area contributed by atoms with E-state index in [9.17, 15) is 9.18 Å². The van der Waals surface area contributed by atoms with Gasteiger partial charge in [0.15, 0.2) is 5.17 Å². The number of amides is 1. The van der Waals surface area contributed by atoms with E-state index < -0.39 is 5.82 Å². The van der Waals surface area contributed by atoms with Crippen molar-refractivity contribution in [3.8, 4) is 0 Å². The van der Waals surface area contributed by atoms with Crippen LogP contribution in [-0.4, -0.2) is 16.0 Å². The summed E-state index contributed by atoms with van der Waals surface area (Å²) in [6.07, 6.45) is 1.50. The maximum Gasteiger partial charge on any atom is 0.267 e. The predicted molar refractivity (Wildman–Crippen MR) is 118 cm³/mol. The van der Waals surface area contributed by atoms with Crippen LogP contribution in [0.5, 0.6) is 0 Å². The fourth-order valence-corrected chi connectivity index (χ4v) is 4.09. The molecule has 1 saturated heterocycles. The van der Waals surface area contributed by atoms with Crippen molar-refractivity contribution < 1.29 is 9.18 Å². The third-order valence-corrected chi connectivity index (χ3v) is 5.66. The lowest BCUT2D eigenvalue weighted by Crippen LogP contribution is -2.28. The summed E-state index contributed by atoms with van der Waals surface area (Å²) < 4.78 is 14.2. The van der Waals surface area contributed by atoms with Gasteiger partial charge in [-0.25, -0.2) is 9.38 Å². The summed E-state index contributed by atoms with van der Waals surface area (Å²) >= 11 is 7.35. The van der Waals surface area contributed by atoms with E-state index in [2.05, 4.69) is 4.99 Å². The lowest BCUT2D eigenvalue weighted by molar-refractivity contribution is -0.122. The zero-order valence-corrected chi connectivity index (χ0v) is 16.8. The summed E-state index contributed by atoms with van der Waals surface area (Å²) in [5.41, 5.74) is 1.92.